The van der Waals surface area contributed by atoms with E-state index in [1.807, 2.05) is 0 Å². The molecule has 2 N–H and O–H groups in total. The predicted molar refractivity (Wildman–Crippen MR) is 47.8 cm³/mol. The second kappa shape index (κ2) is 4.48. The van der Waals surface area contributed by atoms with Crippen molar-refractivity contribution in [1.82, 2.24) is 0 Å². The van der Waals surface area contributed by atoms with Crippen molar-refractivity contribution in [2.75, 3.05) is 6.61 Å². The van der Waals surface area contributed by atoms with Crippen LogP contribution in [-0.2, 0) is 0 Å². The van der Waals surface area contributed by atoms with Gasteiger partial charge in [0.05, 0.1) is 6.10 Å². The van der Waals surface area contributed by atoms with E-state index in [-0.39, 0.29) is 18.6 Å². The molecule has 0 spiro atoms. The van der Waals surface area contributed by atoms with E-state index < -0.39 is 17.7 Å². The Kier molecular flexibility index (Phi) is 3.55. The molecule has 0 saturated heterocycles. The van der Waals surface area contributed by atoms with Crippen molar-refractivity contribution in [3.05, 3.63) is 34.9 Å². The van der Waals surface area contributed by atoms with Gasteiger partial charge in [-0.15, -0.1) is 0 Å². The molecule has 78 valence electrons. The molecule has 0 fully saturated rings. The molecule has 0 aliphatic heterocycles. The first-order chi connectivity index (χ1) is 6.57. The monoisotopic (exact) mass is 202 g/mol. The van der Waals surface area contributed by atoms with Gasteiger partial charge in [0.15, 0.2) is 11.6 Å². The van der Waals surface area contributed by atoms with Gasteiger partial charge in [-0.3, -0.25) is 0 Å². The molecule has 0 amide bonds. The maximum Gasteiger partial charge on any atom is 0.162 e. The van der Waals surface area contributed by atoms with Crippen LogP contribution in [0.15, 0.2) is 12.1 Å². The van der Waals surface area contributed by atoms with Gasteiger partial charge in [0.1, 0.15) is 0 Å². The van der Waals surface area contributed by atoms with Crippen LogP contribution < -0.4 is 0 Å². The maximum absolute atomic E-state index is 13.0. The van der Waals surface area contributed by atoms with E-state index in [9.17, 15) is 13.9 Å². The molecule has 1 atom stereocenters. The van der Waals surface area contributed by atoms with Crippen LogP contribution in [-0.4, -0.2) is 16.8 Å². The molecule has 1 aromatic carbocycles. The summed E-state index contributed by atoms with van der Waals surface area (Å²) in [5.41, 5.74) is 0.406. The van der Waals surface area contributed by atoms with Gasteiger partial charge in [-0.2, -0.15) is 0 Å². The highest BCUT2D eigenvalue weighted by Gasteiger charge is 2.15. The molecule has 0 aliphatic carbocycles. The molecule has 2 nitrogen and oxygen atoms in total. The summed E-state index contributed by atoms with van der Waals surface area (Å²) in [4.78, 5) is 0. The molecular weight excluding hydrogens is 190 g/mol. The van der Waals surface area contributed by atoms with E-state index in [1.165, 1.54) is 13.0 Å². The highest BCUT2D eigenvalue weighted by molar-refractivity contribution is 5.30. The Balaban J connectivity index is 3.04. The lowest BCUT2D eigenvalue weighted by molar-refractivity contribution is 0.133. The van der Waals surface area contributed by atoms with Crippen LogP contribution in [0.4, 0.5) is 8.78 Å². The zero-order chi connectivity index (χ0) is 10.7. The van der Waals surface area contributed by atoms with Gasteiger partial charge in [-0.1, -0.05) is 6.07 Å². The number of aliphatic hydroxyl groups excluding tert-OH is 2. The number of benzene rings is 1. The summed E-state index contributed by atoms with van der Waals surface area (Å²) < 4.78 is 25.7. The Morgan fingerprint density at radius 1 is 1.36 bits per heavy atom. The van der Waals surface area contributed by atoms with E-state index >= 15 is 0 Å². The van der Waals surface area contributed by atoms with Crippen LogP contribution in [0.2, 0.25) is 0 Å². The zero-order valence-corrected chi connectivity index (χ0v) is 7.80. The van der Waals surface area contributed by atoms with Crippen molar-refractivity contribution in [1.29, 1.82) is 0 Å². The average molecular weight is 202 g/mol. The minimum Gasteiger partial charge on any atom is -0.396 e. The molecule has 1 rings (SSSR count). The summed E-state index contributed by atoms with van der Waals surface area (Å²) in [7, 11) is 0. The lowest BCUT2D eigenvalue weighted by Gasteiger charge is -2.12. The van der Waals surface area contributed by atoms with Crippen molar-refractivity contribution >= 4 is 0 Å². The van der Waals surface area contributed by atoms with E-state index in [0.717, 1.165) is 6.07 Å². The van der Waals surface area contributed by atoms with Gasteiger partial charge in [0.25, 0.3) is 0 Å². The molecule has 0 radical (unpaired) electrons. The highest BCUT2D eigenvalue weighted by atomic mass is 19.2. The highest BCUT2D eigenvalue weighted by Crippen LogP contribution is 2.23. The first-order valence-corrected chi connectivity index (χ1v) is 4.31. The first kappa shape index (κ1) is 11.1. The second-order valence-electron chi connectivity index (χ2n) is 3.10. The van der Waals surface area contributed by atoms with Gasteiger partial charge >= 0.3 is 0 Å². The number of halogens is 2. The maximum atomic E-state index is 13.0. The molecule has 4 heteroatoms. The lowest BCUT2D eigenvalue weighted by atomic mass is 10.0. The van der Waals surface area contributed by atoms with Crippen molar-refractivity contribution in [2.45, 2.75) is 19.4 Å². The third-order valence-corrected chi connectivity index (χ3v) is 2.14. The van der Waals surface area contributed by atoms with Gasteiger partial charge in [0.2, 0.25) is 0 Å². The number of rotatable bonds is 3. The molecule has 0 heterocycles. The van der Waals surface area contributed by atoms with Crippen LogP contribution in [0.3, 0.4) is 0 Å². The topological polar surface area (TPSA) is 40.5 Å². The third kappa shape index (κ3) is 2.08. The van der Waals surface area contributed by atoms with Crippen molar-refractivity contribution < 1.29 is 19.0 Å². The molecular formula is C10H12F2O2. The average Bonchev–Trinajstić information content (AvgIpc) is 2.15. The Morgan fingerprint density at radius 2 is 2.00 bits per heavy atom. The molecule has 0 aromatic heterocycles. The number of hydrogen-bond acceptors (Lipinski definition) is 2. The summed E-state index contributed by atoms with van der Waals surface area (Å²) in [6.07, 6.45) is -0.832. The van der Waals surface area contributed by atoms with Gasteiger partial charge < -0.3 is 10.2 Å². The first-order valence-electron chi connectivity index (χ1n) is 4.31. The molecule has 0 aliphatic rings. The molecule has 0 saturated carbocycles. The second-order valence-corrected chi connectivity index (χ2v) is 3.10. The summed E-state index contributed by atoms with van der Waals surface area (Å²) in [5.74, 6) is -1.87. The van der Waals surface area contributed by atoms with Crippen LogP contribution in [0.5, 0.6) is 0 Å². The van der Waals surface area contributed by atoms with E-state index in [1.54, 1.807) is 0 Å². The fraction of sp³-hybridized carbons (Fsp3) is 0.400. The quantitative estimate of drug-likeness (QED) is 0.783. The Bertz CT molecular complexity index is 326. The van der Waals surface area contributed by atoms with Gasteiger partial charge in [0, 0.05) is 13.0 Å². The smallest absolute Gasteiger partial charge is 0.162 e. The van der Waals surface area contributed by atoms with E-state index in [2.05, 4.69) is 0 Å². The largest absolute Gasteiger partial charge is 0.396 e. The van der Waals surface area contributed by atoms with E-state index in [4.69, 9.17) is 5.11 Å². The van der Waals surface area contributed by atoms with Crippen molar-refractivity contribution in [3.8, 4) is 0 Å². The van der Waals surface area contributed by atoms with Gasteiger partial charge in [-0.05, 0) is 24.1 Å². The predicted octanol–water partition coefficient (Wildman–Crippen LogP) is 1.69. The Morgan fingerprint density at radius 3 is 2.57 bits per heavy atom. The lowest BCUT2D eigenvalue weighted by Crippen LogP contribution is -2.05. The van der Waals surface area contributed by atoms with Crippen molar-refractivity contribution in [3.63, 3.8) is 0 Å². The number of hydrogen-bond donors (Lipinski definition) is 2. The fourth-order valence-electron chi connectivity index (χ4n) is 1.31. The van der Waals surface area contributed by atoms with Crippen molar-refractivity contribution in [2.24, 2.45) is 0 Å². The summed E-state index contributed by atoms with van der Waals surface area (Å²) >= 11 is 0. The normalized spacial score (nSPS) is 12.9. The minimum atomic E-state index is -0.949. The molecule has 14 heavy (non-hydrogen) atoms. The summed E-state index contributed by atoms with van der Waals surface area (Å²) in [6.45, 7) is 1.20. The molecule has 1 aromatic rings. The minimum absolute atomic E-state index is 0.0888. The van der Waals surface area contributed by atoms with Crippen LogP contribution in [0.25, 0.3) is 0 Å². The van der Waals surface area contributed by atoms with E-state index in [0.29, 0.717) is 5.56 Å². The molecule has 0 bridgehead atoms. The Hall–Kier alpha value is -1.00. The summed E-state index contributed by atoms with van der Waals surface area (Å²) in [6, 6.07) is 2.30. The van der Waals surface area contributed by atoms with Crippen LogP contribution in [0, 0.1) is 18.6 Å². The fourth-order valence-corrected chi connectivity index (χ4v) is 1.31. The third-order valence-electron chi connectivity index (χ3n) is 2.14. The number of aliphatic hydroxyl groups is 2. The van der Waals surface area contributed by atoms with Crippen LogP contribution in [0.1, 0.15) is 23.7 Å². The van der Waals surface area contributed by atoms with Gasteiger partial charge in [-0.25, -0.2) is 8.78 Å². The summed E-state index contributed by atoms with van der Waals surface area (Å²) in [5, 5.41) is 18.1. The van der Waals surface area contributed by atoms with Crippen LogP contribution >= 0.6 is 0 Å². The standard InChI is InChI=1S/C10H12F2O2/c1-6-7(9(14)4-5-13)2-3-8(11)10(6)12/h2-3,9,13-14H,4-5H2,1H3. The molecule has 1 unspecified atom stereocenters. The zero-order valence-electron chi connectivity index (χ0n) is 7.80. The SMILES string of the molecule is Cc1c(C(O)CCO)ccc(F)c1F. The Labute approximate surface area is 80.8 Å².